The number of benzene rings is 1. The maximum absolute atomic E-state index is 6.01. The largest absolute Gasteiger partial charge is 0.375 e. The molecule has 1 N–H and O–H groups in total. The molecule has 1 fully saturated rings. The second-order valence-corrected chi connectivity index (χ2v) is 7.03. The summed E-state index contributed by atoms with van der Waals surface area (Å²) >= 11 is 2.04. The van der Waals surface area contributed by atoms with E-state index in [9.17, 15) is 0 Å². The van der Waals surface area contributed by atoms with Gasteiger partial charge >= 0.3 is 0 Å². The Balaban J connectivity index is 1.61. The van der Waals surface area contributed by atoms with Crippen molar-refractivity contribution in [3.05, 3.63) is 35.4 Å². The lowest BCUT2D eigenvalue weighted by Crippen LogP contribution is -2.46. The van der Waals surface area contributed by atoms with Crippen LogP contribution in [-0.2, 0) is 11.2 Å². The first-order chi connectivity index (χ1) is 9.88. The Hall–Kier alpha value is -0.510. The Morgan fingerprint density at radius 2 is 2.30 bits per heavy atom. The molecule has 110 valence electrons. The van der Waals surface area contributed by atoms with Crippen molar-refractivity contribution in [2.24, 2.45) is 0 Å². The van der Waals surface area contributed by atoms with Crippen LogP contribution in [0.2, 0.25) is 0 Å². The smallest absolute Gasteiger partial charge is 0.0818 e. The van der Waals surface area contributed by atoms with Crippen LogP contribution in [0, 0.1) is 0 Å². The van der Waals surface area contributed by atoms with Gasteiger partial charge in [0.2, 0.25) is 0 Å². The zero-order valence-corrected chi connectivity index (χ0v) is 13.1. The minimum atomic E-state index is 0.396. The Bertz CT molecular complexity index is 431. The van der Waals surface area contributed by atoms with Crippen LogP contribution in [0.15, 0.2) is 24.3 Å². The standard InChI is InChI=1S/C17H25NOS/c1-2-7-18-16(17-12-20-9-8-19-17)11-14-10-13-5-3-4-6-15(13)14/h3-6,14,16-18H,2,7-12H2,1H3. The van der Waals surface area contributed by atoms with E-state index in [-0.39, 0.29) is 0 Å². The quantitative estimate of drug-likeness (QED) is 0.869. The summed E-state index contributed by atoms with van der Waals surface area (Å²) in [6, 6.07) is 9.42. The minimum absolute atomic E-state index is 0.396. The maximum atomic E-state index is 6.01. The molecule has 0 radical (unpaired) electrons. The van der Waals surface area contributed by atoms with Gasteiger partial charge in [0.15, 0.2) is 0 Å². The summed E-state index contributed by atoms with van der Waals surface area (Å²) < 4.78 is 6.01. The third-order valence-corrected chi connectivity index (χ3v) is 5.47. The molecule has 3 atom stereocenters. The Labute approximate surface area is 126 Å². The van der Waals surface area contributed by atoms with Gasteiger partial charge in [0.1, 0.15) is 0 Å². The molecule has 0 saturated carbocycles. The molecule has 1 aromatic rings. The SMILES string of the molecule is CCCNC(CC1Cc2ccccc21)C1CSCCO1. The highest BCUT2D eigenvalue weighted by atomic mass is 32.2. The van der Waals surface area contributed by atoms with E-state index in [0.29, 0.717) is 12.1 Å². The number of hydrogen-bond donors (Lipinski definition) is 1. The van der Waals surface area contributed by atoms with E-state index in [4.69, 9.17) is 4.74 Å². The first kappa shape index (κ1) is 14.4. The predicted molar refractivity (Wildman–Crippen MR) is 86.7 cm³/mol. The molecule has 0 spiro atoms. The maximum Gasteiger partial charge on any atom is 0.0818 e. The highest BCUT2D eigenvalue weighted by Crippen LogP contribution is 2.38. The van der Waals surface area contributed by atoms with Gasteiger partial charge in [0.25, 0.3) is 0 Å². The highest BCUT2D eigenvalue weighted by molar-refractivity contribution is 7.99. The fraction of sp³-hybridized carbons (Fsp3) is 0.647. The molecule has 2 nitrogen and oxygen atoms in total. The van der Waals surface area contributed by atoms with Gasteiger partial charge < -0.3 is 10.1 Å². The van der Waals surface area contributed by atoms with Crippen molar-refractivity contribution >= 4 is 11.8 Å². The van der Waals surface area contributed by atoms with Gasteiger partial charge in [-0.25, -0.2) is 0 Å². The third-order valence-electron chi connectivity index (χ3n) is 4.45. The van der Waals surface area contributed by atoms with E-state index < -0.39 is 0 Å². The van der Waals surface area contributed by atoms with Crippen molar-refractivity contribution in [1.82, 2.24) is 5.32 Å². The summed E-state index contributed by atoms with van der Waals surface area (Å²) in [6.07, 6.45) is 4.06. The molecule has 0 amide bonds. The van der Waals surface area contributed by atoms with Gasteiger partial charge in [-0.3, -0.25) is 0 Å². The zero-order chi connectivity index (χ0) is 13.8. The van der Waals surface area contributed by atoms with Crippen molar-refractivity contribution in [2.45, 2.75) is 44.2 Å². The van der Waals surface area contributed by atoms with E-state index in [1.54, 1.807) is 11.1 Å². The fourth-order valence-corrected chi connectivity index (χ4v) is 4.26. The Morgan fingerprint density at radius 3 is 3.05 bits per heavy atom. The average Bonchev–Trinajstić information content (AvgIpc) is 2.49. The van der Waals surface area contributed by atoms with Crippen LogP contribution in [0.4, 0.5) is 0 Å². The number of thioether (sulfide) groups is 1. The summed E-state index contributed by atoms with van der Waals surface area (Å²) in [6.45, 7) is 4.25. The van der Waals surface area contributed by atoms with E-state index in [2.05, 4.69) is 36.5 Å². The summed E-state index contributed by atoms with van der Waals surface area (Å²) in [7, 11) is 0. The van der Waals surface area contributed by atoms with E-state index >= 15 is 0 Å². The molecule has 3 heteroatoms. The van der Waals surface area contributed by atoms with Crippen molar-refractivity contribution in [1.29, 1.82) is 0 Å². The topological polar surface area (TPSA) is 21.3 Å². The van der Waals surface area contributed by atoms with Gasteiger partial charge in [0.05, 0.1) is 12.7 Å². The van der Waals surface area contributed by atoms with E-state index in [1.807, 2.05) is 11.8 Å². The second kappa shape index (κ2) is 6.97. The molecular weight excluding hydrogens is 266 g/mol. The van der Waals surface area contributed by atoms with Crippen LogP contribution in [0.3, 0.4) is 0 Å². The summed E-state index contributed by atoms with van der Waals surface area (Å²) in [4.78, 5) is 0. The van der Waals surface area contributed by atoms with Crippen LogP contribution < -0.4 is 5.32 Å². The molecule has 1 saturated heterocycles. The lowest BCUT2D eigenvalue weighted by molar-refractivity contribution is 0.0422. The highest BCUT2D eigenvalue weighted by Gasteiger charge is 2.32. The average molecular weight is 291 g/mol. The number of hydrogen-bond acceptors (Lipinski definition) is 3. The number of nitrogens with one attached hydrogen (secondary N) is 1. The molecule has 0 aromatic heterocycles. The zero-order valence-electron chi connectivity index (χ0n) is 12.3. The summed E-state index contributed by atoms with van der Waals surface area (Å²) in [5.74, 6) is 3.04. The minimum Gasteiger partial charge on any atom is -0.375 e. The van der Waals surface area contributed by atoms with Gasteiger partial charge in [-0.2, -0.15) is 11.8 Å². The monoisotopic (exact) mass is 291 g/mol. The van der Waals surface area contributed by atoms with Crippen LogP contribution in [0.25, 0.3) is 0 Å². The molecule has 1 aliphatic heterocycles. The molecule has 0 bridgehead atoms. The number of fused-ring (bicyclic) bond motifs is 1. The van der Waals surface area contributed by atoms with Crippen molar-refractivity contribution < 1.29 is 4.74 Å². The molecular formula is C17H25NOS. The van der Waals surface area contributed by atoms with Crippen LogP contribution in [0.1, 0.15) is 36.8 Å². The summed E-state index contributed by atoms with van der Waals surface area (Å²) in [5.41, 5.74) is 3.12. The van der Waals surface area contributed by atoms with Crippen LogP contribution in [0.5, 0.6) is 0 Å². The van der Waals surface area contributed by atoms with Gasteiger partial charge in [-0.05, 0) is 42.9 Å². The molecule has 3 rings (SSSR count). The molecule has 20 heavy (non-hydrogen) atoms. The molecule has 1 aromatic carbocycles. The lowest BCUT2D eigenvalue weighted by atomic mass is 9.74. The van der Waals surface area contributed by atoms with Crippen molar-refractivity contribution in [3.63, 3.8) is 0 Å². The van der Waals surface area contributed by atoms with E-state index in [1.165, 1.54) is 19.3 Å². The molecule has 3 unspecified atom stereocenters. The molecule has 1 heterocycles. The second-order valence-electron chi connectivity index (χ2n) is 5.88. The summed E-state index contributed by atoms with van der Waals surface area (Å²) in [5, 5.41) is 3.73. The fourth-order valence-electron chi connectivity index (χ4n) is 3.31. The Morgan fingerprint density at radius 1 is 1.40 bits per heavy atom. The van der Waals surface area contributed by atoms with Crippen molar-refractivity contribution in [2.75, 3.05) is 24.7 Å². The predicted octanol–water partition coefficient (Wildman–Crippen LogP) is 3.22. The van der Waals surface area contributed by atoms with Gasteiger partial charge in [0, 0.05) is 17.5 Å². The van der Waals surface area contributed by atoms with E-state index in [0.717, 1.165) is 30.6 Å². The third kappa shape index (κ3) is 3.21. The first-order valence-corrected chi connectivity index (χ1v) is 9.04. The number of rotatable bonds is 6. The molecule has 2 aliphatic rings. The van der Waals surface area contributed by atoms with Crippen LogP contribution in [-0.4, -0.2) is 36.8 Å². The lowest BCUT2D eigenvalue weighted by Gasteiger charge is -2.37. The van der Waals surface area contributed by atoms with Gasteiger partial charge in [-0.1, -0.05) is 31.2 Å². The first-order valence-electron chi connectivity index (χ1n) is 7.89. The number of ether oxygens (including phenoxy) is 1. The van der Waals surface area contributed by atoms with Crippen molar-refractivity contribution in [3.8, 4) is 0 Å². The Kier molecular flexibility index (Phi) is 5.03. The van der Waals surface area contributed by atoms with Crippen LogP contribution >= 0.6 is 11.8 Å². The van der Waals surface area contributed by atoms with Gasteiger partial charge in [-0.15, -0.1) is 0 Å². The normalized spacial score (nSPS) is 26.6. The molecule has 1 aliphatic carbocycles.